The number of hydrogen-bond donors (Lipinski definition) is 1. The Bertz CT molecular complexity index is 546. The average Bonchev–Trinajstić information content (AvgIpc) is 2.38. The van der Waals surface area contributed by atoms with Crippen LogP contribution < -0.4 is 15.2 Å². The Hall–Kier alpha value is -1.94. The third-order valence-corrected chi connectivity index (χ3v) is 2.79. The summed E-state index contributed by atoms with van der Waals surface area (Å²) in [5.74, 6) is 1.30. The number of halogens is 1. The van der Waals surface area contributed by atoms with Crippen molar-refractivity contribution < 1.29 is 9.47 Å². The fourth-order valence-electron chi connectivity index (χ4n) is 1.48. The highest BCUT2D eigenvalue weighted by Crippen LogP contribution is 2.26. The fourth-order valence-corrected chi connectivity index (χ4v) is 1.66. The number of nitrogens with two attached hydrogens (primary N) is 1. The summed E-state index contributed by atoms with van der Waals surface area (Å²) in [4.78, 5) is 3.91. The van der Waals surface area contributed by atoms with Crippen molar-refractivity contribution in [2.24, 2.45) is 0 Å². The lowest BCUT2D eigenvalue weighted by Gasteiger charge is -2.10. The third kappa shape index (κ3) is 2.84. The summed E-state index contributed by atoms with van der Waals surface area (Å²) < 4.78 is 10.7. The summed E-state index contributed by atoms with van der Waals surface area (Å²) in [5, 5.41) is 0.582. The highest BCUT2D eigenvalue weighted by Gasteiger charge is 2.04. The molecule has 0 atom stereocenters. The lowest BCUT2D eigenvalue weighted by molar-refractivity contribution is 0.305. The zero-order valence-corrected chi connectivity index (χ0v) is 10.6. The van der Waals surface area contributed by atoms with Crippen LogP contribution in [0.15, 0.2) is 36.7 Å². The first kappa shape index (κ1) is 12.5. The monoisotopic (exact) mass is 264 g/mol. The number of benzene rings is 1. The highest BCUT2D eigenvalue weighted by atomic mass is 35.5. The number of hydrogen-bond acceptors (Lipinski definition) is 4. The van der Waals surface area contributed by atoms with Crippen LogP contribution in [0, 0.1) is 0 Å². The van der Waals surface area contributed by atoms with Crippen LogP contribution in [-0.4, -0.2) is 12.1 Å². The van der Waals surface area contributed by atoms with E-state index >= 15 is 0 Å². The van der Waals surface area contributed by atoms with Crippen LogP contribution in [0.3, 0.4) is 0 Å². The van der Waals surface area contributed by atoms with Gasteiger partial charge in [-0.05, 0) is 18.2 Å². The van der Waals surface area contributed by atoms with Crippen molar-refractivity contribution >= 4 is 17.3 Å². The van der Waals surface area contributed by atoms with Crippen molar-refractivity contribution in [2.45, 2.75) is 6.61 Å². The number of aromatic nitrogens is 1. The summed E-state index contributed by atoms with van der Waals surface area (Å²) >= 11 is 5.98. The lowest BCUT2D eigenvalue weighted by Crippen LogP contribution is -1.98. The molecule has 2 N–H and O–H groups in total. The SMILES string of the molecule is COc1ccc(OCc2ccncc2Cl)cc1N. The molecule has 2 aromatic rings. The van der Waals surface area contributed by atoms with Gasteiger partial charge in [0.2, 0.25) is 0 Å². The first-order chi connectivity index (χ1) is 8.70. The normalized spacial score (nSPS) is 10.1. The van der Waals surface area contributed by atoms with Crippen molar-refractivity contribution in [3.63, 3.8) is 0 Å². The lowest BCUT2D eigenvalue weighted by atomic mass is 10.2. The summed E-state index contributed by atoms with van der Waals surface area (Å²) in [6.45, 7) is 0.368. The van der Waals surface area contributed by atoms with Gasteiger partial charge in [-0.25, -0.2) is 0 Å². The Morgan fingerprint density at radius 2 is 2.17 bits per heavy atom. The molecule has 0 fully saturated rings. The van der Waals surface area contributed by atoms with Gasteiger partial charge in [0.1, 0.15) is 18.1 Å². The van der Waals surface area contributed by atoms with Crippen molar-refractivity contribution in [1.82, 2.24) is 4.98 Å². The van der Waals surface area contributed by atoms with E-state index in [2.05, 4.69) is 4.98 Å². The van der Waals surface area contributed by atoms with E-state index in [1.807, 2.05) is 6.07 Å². The van der Waals surface area contributed by atoms with E-state index in [0.717, 1.165) is 5.56 Å². The van der Waals surface area contributed by atoms with E-state index in [4.69, 9.17) is 26.8 Å². The van der Waals surface area contributed by atoms with E-state index in [1.165, 1.54) is 0 Å². The first-order valence-corrected chi connectivity index (χ1v) is 5.73. The van der Waals surface area contributed by atoms with Gasteiger partial charge < -0.3 is 15.2 Å². The molecule has 0 aliphatic rings. The second-order valence-electron chi connectivity index (χ2n) is 3.66. The molecule has 4 nitrogen and oxygen atoms in total. The predicted octanol–water partition coefficient (Wildman–Crippen LogP) is 2.90. The molecule has 0 saturated heterocycles. The molecule has 0 spiro atoms. The number of nitrogens with zero attached hydrogens (tertiary/aromatic N) is 1. The van der Waals surface area contributed by atoms with Gasteiger partial charge in [0.15, 0.2) is 0 Å². The molecule has 0 amide bonds. The predicted molar refractivity (Wildman–Crippen MR) is 71.0 cm³/mol. The van der Waals surface area contributed by atoms with Crippen LogP contribution in [0.25, 0.3) is 0 Å². The zero-order chi connectivity index (χ0) is 13.0. The summed E-state index contributed by atoms with van der Waals surface area (Å²) in [7, 11) is 1.57. The number of nitrogen functional groups attached to an aromatic ring is 1. The molecule has 94 valence electrons. The molecule has 1 heterocycles. The number of methoxy groups -OCH3 is 1. The summed E-state index contributed by atoms with van der Waals surface area (Å²) in [6, 6.07) is 7.09. The van der Waals surface area contributed by atoms with Gasteiger partial charge in [0.25, 0.3) is 0 Å². The number of anilines is 1. The molecule has 5 heteroatoms. The quantitative estimate of drug-likeness (QED) is 0.863. The van der Waals surface area contributed by atoms with Crippen molar-refractivity contribution in [3.8, 4) is 11.5 Å². The minimum atomic E-state index is 0.368. The maximum Gasteiger partial charge on any atom is 0.142 e. The maximum absolute atomic E-state index is 5.98. The van der Waals surface area contributed by atoms with E-state index in [0.29, 0.717) is 28.8 Å². The summed E-state index contributed by atoms with van der Waals surface area (Å²) in [6.07, 6.45) is 3.26. The minimum Gasteiger partial charge on any atom is -0.495 e. The van der Waals surface area contributed by atoms with Crippen LogP contribution in [0.1, 0.15) is 5.56 Å². The molecular weight excluding hydrogens is 252 g/mol. The van der Waals surface area contributed by atoms with Crippen molar-refractivity contribution in [3.05, 3.63) is 47.2 Å². The van der Waals surface area contributed by atoms with Gasteiger partial charge in [-0.3, -0.25) is 4.98 Å². The fraction of sp³-hybridized carbons (Fsp3) is 0.154. The Balaban J connectivity index is 2.07. The zero-order valence-electron chi connectivity index (χ0n) is 9.89. The molecule has 18 heavy (non-hydrogen) atoms. The average molecular weight is 265 g/mol. The molecule has 0 aliphatic heterocycles. The standard InChI is InChI=1S/C13H13ClN2O2/c1-17-13-3-2-10(6-12(13)15)18-8-9-4-5-16-7-11(9)14/h2-7H,8,15H2,1H3. The minimum absolute atomic E-state index is 0.368. The molecule has 0 bridgehead atoms. The second-order valence-corrected chi connectivity index (χ2v) is 4.07. The Kier molecular flexibility index (Phi) is 3.89. The maximum atomic E-state index is 5.98. The molecule has 0 radical (unpaired) electrons. The van der Waals surface area contributed by atoms with E-state index in [9.17, 15) is 0 Å². The first-order valence-electron chi connectivity index (χ1n) is 5.35. The van der Waals surface area contributed by atoms with Gasteiger partial charge in [-0.15, -0.1) is 0 Å². The number of rotatable bonds is 4. The highest BCUT2D eigenvalue weighted by molar-refractivity contribution is 6.31. The van der Waals surface area contributed by atoms with E-state index in [-0.39, 0.29) is 0 Å². The van der Waals surface area contributed by atoms with Gasteiger partial charge in [-0.2, -0.15) is 0 Å². The van der Waals surface area contributed by atoms with E-state index < -0.39 is 0 Å². The van der Waals surface area contributed by atoms with Crippen LogP contribution in [0.5, 0.6) is 11.5 Å². The molecule has 0 saturated carbocycles. The van der Waals surface area contributed by atoms with Crippen molar-refractivity contribution in [1.29, 1.82) is 0 Å². The third-order valence-electron chi connectivity index (χ3n) is 2.45. The van der Waals surface area contributed by atoms with Gasteiger partial charge in [0.05, 0.1) is 17.8 Å². The van der Waals surface area contributed by atoms with Crippen LogP contribution in [0.2, 0.25) is 5.02 Å². The molecule has 1 aromatic heterocycles. The smallest absolute Gasteiger partial charge is 0.142 e. The van der Waals surface area contributed by atoms with E-state index in [1.54, 1.807) is 37.7 Å². The second kappa shape index (κ2) is 5.60. The molecule has 0 unspecified atom stereocenters. The largest absolute Gasteiger partial charge is 0.495 e. The summed E-state index contributed by atoms with van der Waals surface area (Å²) in [5.41, 5.74) is 7.20. The number of ether oxygens (including phenoxy) is 2. The Labute approximate surface area is 110 Å². The van der Waals surface area contributed by atoms with Gasteiger partial charge in [-0.1, -0.05) is 11.6 Å². The molecule has 1 aromatic carbocycles. The van der Waals surface area contributed by atoms with Crippen molar-refractivity contribution in [2.75, 3.05) is 12.8 Å². The van der Waals surface area contributed by atoms with Gasteiger partial charge in [0, 0.05) is 24.0 Å². The molecular formula is C13H13ClN2O2. The van der Waals surface area contributed by atoms with Crippen LogP contribution in [-0.2, 0) is 6.61 Å². The van der Waals surface area contributed by atoms with Crippen LogP contribution >= 0.6 is 11.6 Å². The topological polar surface area (TPSA) is 57.4 Å². The molecule has 0 aliphatic carbocycles. The molecule has 2 rings (SSSR count). The Morgan fingerprint density at radius 1 is 1.33 bits per heavy atom. The number of pyridine rings is 1. The Morgan fingerprint density at radius 3 is 2.83 bits per heavy atom. The van der Waals surface area contributed by atoms with Crippen LogP contribution in [0.4, 0.5) is 5.69 Å². The van der Waals surface area contributed by atoms with Gasteiger partial charge >= 0.3 is 0 Å².